The fourth-order valence-corrected chi connectivity index (χ4v) is 3.35. The summed E-state index contributed by atoms with van der Waals surface area (Å²) < 4.78 is 1.09. The van der Waals surface area contributed by atoms with Crippen LogP contribution in [0.25, 0.3) is 0 Å². The Morgan fingerprint density at radius 2 is 1.54 bits per heavy atom. The van der Waals surface area contributed by atoms with Gasteiger partial charge >= 0.3 is 0 Å². The summed E-state index contributed by atoms with van der Waals surface area (Å²) in [5, 5.41) is 0. The smallest absolute Gasteiger partial charge is 0.261 e. The van der Waals surface area contributed by atoms with Crippen LogP contribution in [0.2, 0.25) is 0 Å². The molecule has 3 rings (SSSR count). The minimum absolute atomic E-state index is 0.177. The number of rotatable bonds is 6. The number of benzene rings is 2. The van der Waals surface area contributed by atoms with E-state index in [1.165, 1.54) is 10.5 Å². The molecule has 0 saturated carbocycles. The second-order valence-electron chi connectivity index (χ2n) is 5.99. The second-order valence-corrected chi connectivity index (χ2v) is 6.84. The molecular formula is C19H19BrN2O2. The van der Waals surface area contributed by atoms with Crippen molar-refractivity contribution in [3.63, 3.8) is 0 Å². The van der Waals surface area contributed by atoms with E-state index in [-0.39, 0.29) is 11.8 Å². The van der Waals surface area contributed by atoms with Gasteiger partial charge < -0.3 is 4.90 Å². The number of halogens is 1. The molecule has 0 aromatic heterocycles. The topological polar surface area (TPSA) is 40.6 Å². The third-order valence-electron chi connectivity index (χ3n) is 4.20. The van der Waals surface area contributed by atoms with Gasteiger partial charge in [-0.3, -0.25) is 14.5 Å². The van der Waals surface area contributed by atoms with Crippen LogP contribution in [-0.2, 0) is 6.54 Å². The van der Waals surface area contributed by atoms with Gasteiger partial charge in [-0.05, 0) is 43.8 Å². The Kier molecular flexibility index (Phi) is 5.11. The van der Waals surface area contributed by atoms with Crippen molar-refractivity contribution in [2.75, 3.05) is 20.1 Å². The molecule has 4 nitrogen and oxygen atoms in total. The highest BCUT2D eigenvalue weighted by molar-refractivity contribution is 9.10. The predicted octanol–water partition coefficient (Wildman–Crippen LogP) is 3.57. The highest BCUT2D eigenvalue weighted by atomic mass is 79.9. The molecule has 1 aliphatic heterocycles. The number of hydrogen-bond donors (Lipinski definition) is 0. The molecule has 0 atom stereocenters. The predicted molar refractivity (Wildman–Crippen MR) is 96.9 cm³/mol. The maximum absolute atomic E-state index is 12.3. The summed E-state index contributed by atoms with van der Waals surface area (Å²) in [5.41, 5.74) is 2.26. The second kappa shape index (κ2) is 7.28. The first-order chi connectivity index (χ1) is 11.6. The van der Waals surface area contributed by atoms with Crippen LogP contribution in [-0.4, -0.2) is 41.8 Å². The van der Waals surface area contributed by atoms with Crippen LogP contribution in [0, 0.1) is 0 Å². The molecule has 24 heavy (non-hydrogen) atoms. The zero-order valence-electron chi connectivity index (χ0n) is 13.5. The van der Waals surface area contributed by atoms with Crippen LogP contribution in [0.15, 0.2) is 53.0 Å². The summed E-state index contributed by atoms with van der Waals surface area (Å²) in [4.78, 5) is 28.2. The van der Waals surface area contributed by atoms with E-state index >= 15 is 0 Å². The lowest BCUT2D eigenvalue weighted by Crippen LogP contribution is -2.32. The van der Waals surface area contributed by atoms with Crippen LogP contribution in [0.5, 0.6) is 0 Å². The van der Waals surface area contributed by atoms with Gasteiger partial charge in [0, 0.05) is 17.6 Å². The first-order valence-corrected chi connectivity index (χ1v) is 8.74. The Bertz CT molecular complexity index is 740. The summed E-state index contributed by atoms with van der Waals surface area (Å²) in [7, 11) is 2.04. The Morgan fingerprint density at radius 1 is 0.958 bits per heavy atom. The Morgan fingerprint density at radius 3 is 2.17 bits per heavy atom. The standard InChI is InChI=1S/C19H19BrN2O2/c1-21(13-14-7-2-5-10-17(14)20)11-6-12-22-18(23)15-8-3-4-9-16(15)19(22)24/h2-5,7-10H,6,11-13H2,1H3. The molecule has 0 unspecified atom stereocenters. The van der Waals surface area contributed by atoms with Crippen molar-refractivity contribution in [1.29, 1.82) is 0 Å². The third kappa shape index (κ3) is 3.42. The quantitative estimate of drug-likeness (QED) is 0.712. The van der Waals surface area contributed by atoms with E-state index in [2.05, 4.69) is 26.9 Å². The summed E-state index contributed by atoms with van der Waals surface area (Å²) >= 11 is 3.55. The normalized spacial score (nSPS) is 13.7. The van der Waals surface area contributed by atoms with E-state index in [1.807, 2.05) is 25.2 Å². The molecule has 0 bridgehead atoms. The first-order valence-electron chi connectivity index (χ1n) is 7.95. The summed E-state index contributed by atoms with van der Waals surface area (Å²) in [5.74, 6) is -0.354. The van der Waals surface area contributed by atoms with E-state index < -0.39 is 0 Å². The minimum Gasteiger partial charge on any atom is -0.302 e. The van der Waals surface area contributed by atoms with Gasteiger partial charge in [0.2, 0.25) is 0 Å². The van der Waals surface area contributed by atoms with Gasteiger partial charge in [0.05, 0.1) is 11.1 Å². The molecule has 2 aromatic rings. The van der Waals surface area contributed by atoms with E-state index in [9.17, 15) is 9.59 Å². The maximum atomic E-state index is 12.3. The first kappa shape index (κ1) is 16.9. The number of carbonyl (C=O) groups excluding carboxylic acids is 2. The monoisotopic (exact) mass is 386 g/mol. The number of carbonyl (C=O) groups is 2. The lowest BCUT2D eigenvalue weighted by Gasteiger charge is -2.19. The number of amides is 2. The molecular weight excluding hydrogens is 368 g/mol. The van der Waals surface area contributed by atoms with Gasteiger partial charge in [-0.2, -0.15) is 0 Å². The lowest BCUT2D eigenvalue weighted by molar-refractivity contribution is 0.0648. The van der Waals surface area contributed by atoms with Gasteiger partial charge in [-0.25, -0.2) is 0 Å². The zero-order valence-corrected chi connectivity index (χ0v) is 15.1. The van der Waals surface area contributed by atoms with E-state index in [4.69, 9.17) is 0 Å². The van der Waals surface area contributed by atoms with Crippen LogP contribution in [0.4, 0.5) is 0 Å². The van der Waals surface area contributed by atoms with Crippen LogP contribution >= 0.6 is 15.9 Å². The van der Waals surface area contributed by atoms with Gasteiger partial charge in [-0.15, -0.1) is 0 Å². The molecule has 0 N–H and O–H groups in total. The van der Waals surface area contributed by atoms with Crippen molar-refractivity contribution in [2.45, 2.75) is 13.0 Å². The highest BCUT2D eigenvalue weighted by Gasteiger charge is 2.34. The number of fused-ring (bicyclic) bond motifs is 1. The Labute approximate surface area is 150 Å². The van der Waals surface area contributed by atoms with Crippen molar-refractivity contribution in [3.8, 4) is 0 Å². The van der Waals surface area contributed by atoms with Crippen molar-refractivity contribution in [3.05, 3.63) is 69.7 Å². The molecule has 1 aliphatic rings. The molecule has 0 aliphatic carbocycles. The van der Waals surface area contributed by atoms with Crippen LogP contribution < -0.4 is 0 Å². The summed E-state index contributed by atoms with van der Waals surface area (Å²) in [6, 6.07) is 15.1. The number of nitrogens with zero attached hydrogens (tertiary/aromatic N) is 2. The average molecular weight is 387 g/mol. The zero-order chi connectivity index (χ0) is 17.1. The fraction of sp³-hybridized carbons (Fsp3) is 0.263. The summed E-state index contributed by atoms with van der Waals surface area (Å²) in [6.45, 7) is 2.09. The molecule has 0 spiro atoms. The number of hydrogen-bond acceptors (Lipinski definition) is 3. The van der Waals surface area contributed by atoms with Gasteiger partial charge in [0.25, 0.3) is 11.8 Å². The Balaban J connectivity index is 1.53. The van der Waals surface area contributed by atoms with Gasteiger partial charge in [-0.1, -0.05) is 46.3 Å². The molecule has 124 valence electrons. The van der Waals surface area contributed by atoms with Gasteiger partial charge in [0.15, 0.2) is 0 Å². The Hall–Kier alpha value is -1.98. The molecule has 0 radical (unpaired) electrons. The van der Waals surface area contributed by atoms with Crippen LogP contribution in [0.3, 0.4) is 0 Å². The van der Waals surface area contributed by atoms with E-state index in [1.54, 1.807) is 24.3 Å². The fourth-order valence-electron chi connectivity index (χ4n) is 2.94. The van der Waals surface area contributed by atoms with Gasteiger partial charge in [0.1, 0.15) is 0 Å². The molecule has 1 heterocycles. The molecule has 0 saturated heterocycles. The largest absolute Gasteiger partial charge is 0.302 e. The molecule has 2 aromatic carbocycles. The van der Waals surface area contributed by atoms with Crippen LogP contribution in [0.1, 0.15) is 32.7 Å². The van der Waals surface area contributed by atoms with E-state index in [0.717, 1.165) is 24.0 Å². The van der Waals surface area contributed by atoms with Crippen molar-refractivity contribution < 1.29 is 9.59 Å². The van der Waals surface area contributed by atoms with Crippen molar-refractivity contribution in [1.82, 2.24) is 9.80 Å². The lowest BCUT2D eigenvalue weighted by atomic mass is 10.1. The number of imide groups is 1. The molecule has 0 fully saturated rings. The third-order valence-corrected chi connectivity index (χ3v) is 4.97. The maximum Gasteiger partial charge on any atom is 0.261 e. The minimum atomic E-state index is -0.177. The average Bonchev–Trinajstić information content (AvgIpc) is 2.82. The van der Waals surface area contributed by atoms with E-state index in [0.29, 0.717) is 17.7 Å². The highest BCUT2D eigenvalue weighted by Crippen LogP contribution is 2.22. The van der Waals surface area contributed by atoms with Crippen molar-refractivity contribution >= 4 is 27.7 Å². The summed E-state index contributed by atoms with van der Waals surface area (Å²) in [6.07, 6.45) is 0.756. The molecule has 2 amide bonds. The molecule has 5 heteroatoms. The SMILES string of the molecule is CN(CCCN1C(=O)c2ccccc2C1=O)Cc1ccccc1Br. The van der Waals surface area contributed by atoms with Crippen molar-refractivity contribution in [2.24, 2.45) is 0 Å².